The van der Waals surface area contributed by atoms with Gasteiger partial charge in [-0.1, -0.05) is 48.0 Å². The summed E-state index contributed by atoms with van der Waals surface area (Å²) >= 11 is 0. The van der Waals surface area contributed by atoms with Gasteiger partial charge < -0.3 is 35.3 Å². The van der Waals surface area contributed by atoms with Gasteiger partial charge in [0.1, 0.15) is 17.5 Å². The van der Waals surface area contributed by atoms with E-state index in [2.05, 4.69) is 29.4 Å². The fraction of sp³-hybridized carbons (Fsp3) is 0.442. The fourth-order valence-electron chi connectivity index (χ4n) is 8.43. The van der Waals surface area contributed by atoms with E-state index in [1.54, 1.807) is 23.4 Å². The molecule has 2 fully saturated rings. The molecule has 56 heavy (non-hydrogen) atoms. The summed E-state index contributed by atoms with van der Waals surface area (Å²) in [6.07, 6.45) is 4.94. The molecule has 2 saturated heterocycles. The van der Waals surface area contributed by atoms with E-state index in [9.17, 15) is 19.5 Å². The number of methoxy groups -OCH3 is 2. The van der Waals surface area contributed by atoms with Crippen molar-refractivity contribution in [1.29, 1.82) is 0 Å². The largest absolute Gasteiger partial charge is 0.493 e. The second-order valence-corrected chi connectivity index (χ2v) is 15.0. The van der Waals surface area contributed by atoms with Crippen LogP contribution in [0.1, 0.15) is 59.4 Å². The quantitative estimate of drug-likeness (QED) is 0.197. The molecule has 4 aromatic rings. The Labute approximate surface area is 327 Å². The highest BCUT2D eigenvalue weighted by Crippen LogP contribution is 2.38. The molecule has 298 valence electrons. The number of carbonyl (C=O) groups is 2. The summed E-state index contributed by atoms with van der Waals surface area (Å²) in [5.41, 5.74) is 13.1. The highest BCUT2D eigenvalue weighted by atomic mass is 16.5. The van der Waals surface area contributed by atoms with Gasteiger partial charge in [0.05, 0.1) is 32.2 Å². The van der Waals surface area contributed by atoms with Crippen molar-refractivity contribution in [3.8, 4) is 22.8 Å². The number of ether oxygens (including phenoxy) is 3. The number of hydrogen-bond donors (Lipinski definition) is 3. The van der Waals surface area contributed by atoms with E-state index < -0.39 is 11.9 Å². The number of amides is 2. The molecular formula is C43H54N6O7. The first kappa shape index (κ1) is 40.3. The van der Waals surface area contributed by atoms with Crippen LogP contribution in [-0.2, 0) is 29.0 Å². The smallest absolute Gasteiger partial charge is 0.330 e. The molecule has 0 aliphatic carbocycles. The van der Waals surface area contributed by atoms with Crippen LogP contribution in [0.4, 0.5) is 10.5 Å². The lowest BCUT2D eigenvalue weighted by Gasteiger charge is -2.36. The Balaban J connectivity index is 0.000000215. The molecule has 2 bridgehead atoms. The number of aryl methyl sites for hydroxylation is 4. The first-order valence-corrected chi connectivity index (χ1v) is 19.3. The number of nitrogens with one attached hydrogen (secondary N) is 1. The van der Waals surface area contributed by atoms with Gasteiger partial charge in [-0.05, 0) is 94.3 Å². The van der Waals surface area contributed by atoms with Crippen LogP contribution in [0.2, 0.25) is 0 Å². The van der Waals surface area contributed by atoms with Crippen molar-refractivity contribution in [3.05, 3.63) is 104 Å². The van der Waals surface area contributed by atoms with Gasteiger partial charge in [0, 0.05) is 43.3 Å². The molecule has 3 aliphatic heterocycles. The van der Waals surface area contributed by atoms with Gasteiger partial charge in [-0.2, -0.15) is 0 Å². The summed E-state index contributed by atoms with van der Waals surface area (Å²) in [5.74, 6) is 0.390. The number of hydrogen-bond acceptors (Lipinski definition) is 9. The van der Waals surface area contributed by atoms with Crippen molar-refractivity contribution in [2.75, 3.05) is 34.4 Å². The number of carbonyl (C=O) groups excluding carboxylic acids is 2. The third kappa shape index (κ3) is 8.69. The summed E-state index contributed by atoms with van der Waals surface area (Å²) < 4.78 is 20.0. The molecule has 4 N–H and O–H groups in total. The Morgan fingerprint density at radius 1 is 0.964 bits per heavy atom. The Morgan fingerprint density at radius 3 is 2.21 bits per heavy atom. The maximum Gasteiger partial charge on any atom is 0.330 e. The SMILES string of the molecule is CN1[C@@H]2CC[C@H]1CC(OC(=O)C(CO)c1ccccc1)C2.COc1cc2c(cc1OC)-c1cc(=Nc3c(C)cc(C)cc3C)n(CCNC(N)=O)c(=O)n1CC2. The van der Waals surface area contributed by atoms with Crippen LogP contribution in [0, 0.1) is 20.8 Å². The van der Waals surface area contributed by atoms with Crippen molar-refractivity contribution in [2.24, 2.45) is 10.7 Å². The maximum absolute atomic E-state index is 13.7. The van der Waals surface area contributed by atoms with Crippen molar-refractivity contribution in [2.45, 2.75) is 90.1 Å². The molecule has 4 heterocycles. The number of aromatic nitrogens is 2. The first-order chi connectivity index (χ1) is 26.9. The molecule has 2 unspecified atom stereocenters. The Morgan fingerprint density at radius 2 is 1.61 bits per heavy atom. The molecule has 0 radical (unpaired) electrons. The van der Waals surface area contributed by atoms with Crippen LogP contribution in [-0.4, -0.2) is 83.7 Å². The van der Waals surface area contributed by atoms with E-state index in [4.69, 9.17) is 24.9 Å². The van der Waals surface area contributed by atoms with E-state index in [-0.39, 0.29) is 37.5 Å². The van der Waals surface area contributed by atoms with Crippen LogP contribution >= 0.6 is 0 Å². The summed E-state index contributed by atoms with van der Waals surface area (Å²) in [7, 11) is 5.37. The van der Waals surface area contributed by atoms with E-state index in [0.29, 0.717) is 42.0 Å². The summed E-state index contributed by atoms with van der Waals surface area (Å²) in [6, 6.07) is 19.8. The van der Waals surface area contributed by atoms with Gasteiger partial charge in [-0.3, -0.25) is 13.9 Å². The number of piperidine rings is 1. The molecule has 0 saturated carbocycles. The normalized spacial score (nSPS) is 19.2. The van der Waals surface area contributed by atoms with Crippen molar-refractivity contribution in [1.82, 2.24) is 19.4 Å². The average Bonchev–Trinajstić information content (AvgIpc) is 3.36. The number of fused-ring (bicyclic) bond motifs is 5. The van der Waals surface area contributed by atoms with Crippen LogP contribution in [0.3, 0.4) is 0 Å². The second-order valence-electron chi connectivity index (χ2n) is 15.0. The van der Waals surface area contributed by atoms with Gasteiger partial charge in [0.2, 0.25) is 0 Å². The molecule has 0 spiro atoms. The minimum absolute atomic E-state index is 0.00367. The van der Waals surface area contributed by atoms with Gasteiger partial charge >= 0.3 is 17.7 Å². The minimum Gasteiger partial charge on any atom is -0.493 e. The van der Waals surface area contributed by atoms with Gasteiger partial charge in [0.15, 0.2) is 11.5 Å². The highest BCUT2D eigenvalue weighted by molar-refractivity contribution is 5.78. The average molecular weight is 767 g/mol. The lowest BCUT2D eigenvalue weighted by molar-refractivity contribution is -0.155. The third-order valence-corrected chi connectivity index (χ3v) is 11.3. The van der Waals surface area contributed by atoms with E-state index in [1.807, 2.05) is 69.3 Å². The number of urea groups is 1. The molecule has 7 rings (SSSR count). The molecule has 13 nitrogen and oxygen atoms in total. The van der Waals surface area contributed by atoms with Crippen LogP contribution < -0.4 is 31.7 Å². The van der Waals surface area contributed by atoms with Crippen LogP contribution in [0.15, 0.2) is 70.5 Å². The Bertz CT molecular complexity index is 2160. The van der Waals surface area contributed by atoms with Crippen molar-refractivity contribution < 1.29 is 28.9 Å². The number of primary amides is 1. The van der Waals surface area contributed by atoms with Crippen LogP contribution in [0.5, 0.6) is 11.5 Å². The van der Waals surface area contributed by atoms with Crippen molar-refractivity contribution in [3.63, 3.8) is 0 Å². The van der Waals surface area contributed by atoms with Crippen molar-refractivity contribution >= 4 is 17.7 Å². The number of nitrogens with two attached hydrogens (primary N) is 1. The standard InChI is InChI=1S/C26H31N5O4.C17H23NO3/c1-15-10-16(2)24(17(3)11-15)29-23-14-20-19-13-22(35-5)21(34-4)12-18(19)6-8-30(20)26(33)31(23)9-7-28-25(27)32;1-18-13-7-8-14(18)10-15(9-13)21-17(20)16(11-19)12-5-3-2-4-6-12/h10-14H,6-9H2,1-5H3,(H3,27,28,32);2-6,13-16,19H,7-11H2,1H3/t;13-,14+,15?,16?. The highest BCUT2D eigenvalue weighted by Gasteiger charge is 2.40. The predicted octanol–water partition coefficient (Wildman–Crippen LogP) is 4.65. The molecule has 3 aromatic carbocycles. The zero-order chi connectivity index (χ0) is 40.1. The number of rotatable bonds is 10. The van der Waals surface area contributed by atoms with Gasteiger partial charge in [-0.15, -0.1) is 0 Å². The number of aliphatic hydroxyl groups is 1. The molecule has 13 heteroatoms. The summed E-state index contributed by atoms with van der Waals surface area (Å²) in [4.78, 5) is 44.6. The summed E-state index contributed by atoms with van der Waals surface area (Å²) in [6.45, 7) is 6.83. The second kappa shape index (κ2) is 17.6. The fourth-order valence-corrected chi connectivity index (χ4v) is 8.43. The number of aliphatic hydroxyl groups excluding tert-OH is 1. The molecule has 3 aliphatic rings. The zero-order valence-corrected chi connectivity index (χ0v) is 33.2. The zero-order valence-electron chi connectivity index (χ0n) is 33.2. The minimum atomic E-state index is -0.637. The van der Waals surface area contributed by atoms with E-state index in [1.165, 1.54) is 12.8 Å². The summed E-state index contributed by atoms with van der Waals surface area (Å²) in [5, 5.41) is 12.1. The van der Waals surface area contributed by atoms with Gasteiger partial charge in [-0.25, -0.2) is 14.6 Å². The molecule has 2 amide bonds. The third-order valence-electron chi connectivity index (χ3n) is 11.3. The number of esters is 1. The number of nitrogens with zero attached hydrogens (tertiary/aromatic N) is 4. The lowest BCUT2D eigenvalue weighted by atomic mass is 9.97. The molecule has 1 aromatic heterocycles. The van der Waals surface area contributed by atoms with E-state index in [0.717, 1.165) is 57.6 Å². The monoisotopic (exact) mass is 766 g/mol. The van der Waals surface area contributed by atoms with E-state index >= 15 is 0 Å². The lowest BCUT2D eigenvalue weighted by Crippen LogP contribution is -2.44. The molecular weight excluding hydrogens is 713 g/mol. The van der Waals surface area contributed by atoms with Crippen LogP contribution in [0.25, 0.3) is 11.3 Å². The van der Waals surface area contributed by atoms with Gasteiger partial charge in [0.25, 0.3) is 0 Å². The Hall–Kier alpha value is -5.40. The first-order valence-electron chi connectivity index (χ1n) is 19.3. The number of benzene rings is 3. The topological polar surface area (TPSA) is 163 Å². The Kier molecular flexibility index (Phi) is 12.7. The maximum atomic E-state index is 13.7. The predicted molar refractivity (Wildman–Crippen MR) is 214 cm³/mol. The molecule has 4 atom stereocenters.